The highest BCUT2D eigenvalue weighted by atomic mass is 35.5. The molecule has 1 N–H and O–H groups in total. The first-order valence-electron chi connectivity index (χ1n) is 9.53. The van der Waals surface area contributed by atoms with E-state index in [1.54, 1.807) is 54.6 Å². The summed E-state index contributed by atoms with van der Waals surface area (Å²) in [7, 11) is 1.33. The molecule has 0 radical (unpaired) electrons. The number of nitrogens with one attached hydrogen (secondary N) is 1. The van der Waals surface area contributed by atoms with E-state index in [0.717, 1.165) is 11.1 Å². The molecule has 160 valence electrons. The van der Waals surface area contributed by atoms with Crippen LogP contribution in [0.2, 0.25) is 10.0 Å². The number of methoxy groups -OCH3 is 1. The molecule has 0 aromatic heterocycles. The average Bonchev–Trinajstić information content (AvgIpc) is 2.77. The molecule has 3 aromatic rings. The fourth-order valence-corrected chi connectivity index (χ4v) is 3.36. The third-order valence-electron chi connectivity index (χ3n) is 4.65. The third kappa shape index (κ3) is 6.00. The zero-order valence-corrected chi connectivity index (χ0v) is 18.5. The van der Waals surface area contributed by atoms with Crippen LogP contribution in [-0.4, -0.2) is 19.0 Å². The molecule has 31 heavy (non-hydrogen) atoms. The summed E-state index contributed by atoms with van der Waals surface area (Å²) in [5, 5.41) is 3.97. The molecule has 0 aliphatic rings. The van der Waals surface area contributed by atoms with Crippen LogP contribution in [0, 0.1) is 0 Å². The van der Waals surface area contributed by atoms with Crippen molar-refractivity contribution in [3.8, 4) is 5.75 Å². The third-order valence-corrected chi connectivity index (χ3v) is 5.12. The molecular weight excluding hydrogens is 437 g/mol. The zero-order chi connectivity index (χ0) is 22.4. The van der Waals surface area contributed by atoms with Gasteiger partial charge in [0, 0.05) is 10.0 Å². The van der Waals surface area contributed by atoms with Crippen LogP contribution in [-0.2, 0) is 11.3 Å². The maximum Gasteiger partial charge on any atom is 0.337 e. The van der Waals surface area contributed by atoms with Crippen molar-refractivity contribution in [2.75, 3.05) is 7.11 Å². The van der Waals surface area contributed by atoms with E-state index in [1.165, 1.54) is 7.11 Å². The molecule has 0 saturated carbocycles. The van der Waals surface area contributed by atoms with Gasteiger partial charge in [-0.05, 0) is 60.5 Å². The minimum Gasteiger partial charge on any atom is -0.488 e. The SMILES string of the molecule is COC(=O)c1ccc([C@H](C)NC(=O)c2cc(Cl)ccc2OCc2cccc(Cl)c2)cc1. The van der Waals surface area contributed by atoms with E-state index < -0.39 is 5.97 Å². The highest BCUT2D eigenvalue weighted by molar-refractivity contribution is 6.31. The normalized spacial score (nSPS) is 11.5. The van der Waals surface area contributed by atoms with Gasteiger partial charge in [-0.25, -0.2) is 4.79 Å². The molecule has 5 nitrogen and oxygen atoms in total. The molecule has 1 amide bonds. The lowest BCUT2D eigenvalue weighted by atomic mass is 10.1. The second-order valence-electron chi connectivity index (χ2n) is 6.87. The minimum atomic E-state index is -0.413. The van der Waals surface area contributed by atoms with Gasteiger partial charge in [-0.1, -0.05) is 47.5 Å². The van der Waals surface area contributed by atoms with E-state index in [1.807, 2.05) is 19.1 Å². The van der Waals surface area contributed by atoms with E-state index in [2.05, 4.69) is 5.32 Å². The Kier molecular flexibility index (Phi) is 7.55. The average molecular weight is 458 g/mol. The van der Waals surface area contributed by atoms with E-state index in [0.29, 0.717) is 26.9 Å². The molecule has 0 heterocycles. The van der Waals surface area contributed by atoms with E-state index in [4.69, 9.17) is 32.7 Å². The summed E-state index contributed by atoms with van der Waals surface area (Å²) in [6.07, 6.45) is 0. The van der Waals surface area contributed by atoms with Crippen LogP contribution in [0.3, 0.4) is 0 Å². The van der Waals surface area contributed by atoms with Gasteiger partial charge in [-0.2, -0.15) is 0 Å². The Morgan fingerprint density at radius 3 is 2.35 bits per heavy atom. The van der Waals surface area contributed by atoms with Gasteiger partial charge >= 0.3 is 5.97 Å². The van der Waals surface area contributed by atoms with Gasteiger partial charge in [0.15, 0.2) is 0 Å². The van der Waals surface area contributed by atoms with Gasteiger partial charge in [-0.3, -0.25) is 4.79 Å². The quantitative estimate of drug-likeness (QED) is 0.451. The fourth-order valence-electron chi connectivity index (χ4n) is 2.98. The zero-order valence-electron chi connectivity index (χ0n) is 17.0. The Balaban J connectivity index is 1.73. The molecule has 0 fully saturated rings. The molecule has 1 atom stereocenters. The molecular formula is C24H21Cl2NO4. The Morgan fingerprint density at radius 2 is 1.68 bits per heavy atom. The van der Waals surface area contributed by atoms with Crippen molar-refractivity contribution in [3.63, 3.8) is 0 Å². The van der Waals surface area contributed by atoms with E-state index in [-0.39, 0.29) is 18.6 Å². The summed E-state index contributed by atoms with van der Waals surface area (Å²) in [5.41, 5.74) is 2.49. The summed E-state index contributed by atoms with van der Waals surface area (Å²) in [5.74, 6) is -0.327. The van der Waals surface area contributed by atoms with Crippen LogP contribution in [0.4, 0.5) is 0 Å². The number of hydrogen-bond acceptors (Lipinski definition) is 4. The maximum atomic E-state index is 12.9. The number of halogens is 2. The van der Waals surface area contributed by atoms with Gasteiger partial charge in [0.1, 0.15) is 12.4 Å². The van der Waals surface area contributed by atoms with Gasteiger partial charge in [-0.15, -0.1) is 0 Å². The Bertz CT molecular complexity index is 1080. The first-order chi connectivity index (χ1) is 14.9. The Morgan fingerprint density at radius 1 is 0.968 bits per heavy atom. The number of amides is 1. The molecule has 0 unspecified atom stereocenters. The van der Waals surface area contributed by atoms with Crippen molar-refractivity contribution in [2.24, 2.45) is 0 Å². The van der Waals surface area contributed by atoms with Gasteiger partial charge < -0.3 is 14.8 Å². The van der Waals surface area contributed by atoms with Gasteiger partial charge in [0.2, 0.25) is 0 Å². The number of hydrogen-bond donors (Lipinski definition) is 1. The second kappa shape index (κ2) is 10.3. The molecule has 0 aliphatic heterocycles. The molecule has 0 spiro atoms. The first kappa shape index (κ1) is 22.7. The largest absolute Gasteiger partial charge is 0.488 e. The lowest BCUT2D eigenvalue weighted by Crippen LogP contribution is -2.27. The second-order valence-corrected chi connectivity index (χ2v) is 7.74. The van der Waals surface area contributed by atoms with Crippen molar-refractivity contribution in [3.05, 3.63) is 99.0 Å². The number of rotatable bonds is 7. The van der Waals surface area contributed by atoms with Crippen LogP contribution < -0.4 is 10.1 Å². The highest BCUT2D eigenvalue weighted by Gasteiger charge is 2.17. The van der Waals surface area contributed by atoms with Crippen LogP contribution in [0.15, 0.2) is 66.7 Å². The number of ether oxygens (including phenoxy) is 2. The molecule has 0 aliphatic carbocycles. The van der Waals surface area contributed by atoms with Crippen molar-refractivity contribution in [2.45, 2.75) is 19.6 Å². The number of esters is 1. The summed E-state index contributed by atoms with van der Waals surface area (Å²) in [6.45, 7) is 2.11. The molecule has 3 aromatic carbocycles. The predicted octanol–water partition coefficient (Wildman–Crippen LogP) is 5.85. The standard InChI is InChI=1S/C24H21Cl2NO4/c1-15(17-6-8-18(9-7-17)24(29)30-2)27-23(28)21-13-20(26)10-11-22(21)31-14-16-4-3-5-19(25)12-16/h3-13,15H,14H2,1-2H3,(H,27,28)/t15-/m0/s1. The number of benzene rings is 3. The van der Waals surface area contributed by atoms with Crippen LogP contribution >= 0.6 is 23.2 Å². The summed E-state index contributed by atoms with van der Waals surface area (Å²) < 4.78 is 10.6. The van der Waals surface area contributed by atoms with Crippen LogP contribution in [0.1, 0.15) is 44.8 Å². The van der Waals surface area contributed by atoms with Gasteiger partial charge in [0.25, 0.3) is 5.91 Å². The first-order valence-corrected chi connectivity index (χ1v) is 10.3. The van der Waals surface area contributed by atoms with Gasteiger partial charge in [0.05, 0.1) is 24.3 Å². The topological polar surface area (TPSA) is 64.6 Å². The maximum absolute atomic E-state index is 12.9. The molecule has 0 bridgehead atoms. The summed E-state index contributed by atoms with van der Waals surface area (Å²) in [4.78, 5) is 24.5. The van der Waals surface area contributed by atoms with Crippen molar-refractivity contribution in [1.29, 1.82) is 0 Å². The molecule has 0 saturated heterocycles. The van der Waals surface area contributed by atoms with E-state index >= 15 is 0 Å². The van der Waals surface area contributed by atoms with Crippen molar-refractivity contribution < 1.29 is 19.1 Å². The lowest BCUT2D eigenvalue weighted by molar-refractivity contribution is 0.0600. The predicted molar refractivity (Wildman–Crippen MR) is 121 cm³/mol. The smallest absolute Gasteiger partial charge is 0.337 e. The van der Waals surface area contributed by atoms with E-state index in [9.17, 15) is 9.59 Å². The Labute approximate surface area is 190 Å². The van der Waals surface area contributed by atoms with Crippen LogP contribution in [0.25, 0.3) is 0 Å². The molecule has 3 rings (SSSR count). The minimum absolute atomic E-state index is 0.257. The summed E-state index contributed by atoms with van der Waals surface area (Å²) in [6, 6.07) is 18.8. The fraction of sp³-hybridized carbons (Fsp3) is 0.167. The van der Waals surface area contributed by atoms with Crippen LogP contribution in [0.5, 0.6) is 5.75 Å². The summed E-state index contributed by atoms with van der Waals surface area (Å²) >= 11 is 12.1. The Hall–Kier alpha value is -3.02. The monoisotopic (exact) mass is 457 g/mol. The number of carbonyl (C=O) groups is 2. The van der Waals surface area contributed by atoms with Crippen molar-refractivity contribution >= 4 is 35.1 Å². The molecule has 7 heteroatoms. The number of carbonyl (C=O) groups excluding carboxylic acids is 2. The lowest BCUT2D eigenvalue weighted by Gasteiger charge is -2.17. The highest BCUT2D eigenvalue weighted by Crippen LogP contribution is 2.25. The van der Waals surface area contributed by atoms with Crippen molar-refractivity contribution in [1.82, 2.24) is 5.32 Å².